The summed E-state index contributed by atoms with van der Waals surface area (Å²) in [5.74, 6) is -0.0253. The Morgan fingerprint density at radius 2 is 1.73 bits per heavy atom. The lowest BCUT2D eigenvalue weighted by Gasteiger charge is -2.05. The number of thioether (sulfide) groups is 1. The molecular formula is C17H14N6O2S. The third-order valence-corrected chi connectivity index (χ3v) is 4.49. The molecule has 0 bridgehead atoms. The van der Waals surface area contributed by atoms with Crippen LogP contribution >= 0.6 is 11.8 Å². The van der Waals surface area contributed by atoms with Gasteiger partial charge in [-0.3, -0.25) is 4.79 Å². The van der Waals surface area contributed by atoms with Crippen molar-refractivity contribution >= 4 is 57.2 Å². The lowest BCUT2D eigenvalue weighted by Crippen LogP contribution is -2.14. The molecule has 4 aromatic rings. The van der Waals surface area contributed by atoms with Crippen LogP contribution in [0.2, 0.25) is 0 Å². The van der Waals surface area contributed by atoms with Crippen molar-refractivity contribution in [2.24, 2.45) is 0 Å². The highest BCUT2D eigenvalue weighted by atomic mass is 32.2. The van der Waals surface area contributed by atoms with E-state index >= 15 is 0 Å². The molecule has 8 nitrogen and oxygen atoms in total. The molecule has 0 unspecified atom stereocenters. The molecule has 0 saturated heterocycles. The first kappa shape index (κ1) is 16.2. The number of carbonyl (C=O) groups excluding carboxylic acids is 1. The van der Waals surface area contributed by atoms with Crippen LogP contribution < -0.4 is 16.8 Å². The molecule has 0 spiro atoms. The Hall–Kier alpha value is -3.33. The number of nitrogens with two attached hydrogens (primary N) is 2. The molecule has 5 N–H and O–H groups in total. The van der Waals surface area contributed by atoms with Gasteiger partial charge >= 0.3 is 0 Å². The van der Waals surface area contributed by atoms with E-state index in [-0.39, 0.29) is 23.6 Å². The molecule has 2 aromatic heterocycles. The maximum atomic E-state index is 12.2. The number of aromatic nitrogens is 3. The normalized spacial score (nSPS) is 11.1. The van der Waals surface area contributed by atoms with Crippen molar-refractivity contribution in [2.45, 2.75) is 5.16 Å². The van der Waals surface area contributed by atoms with E-state index in [0.29, 0.717) is 10.8 Å². The molecular weight excluding hydrogens is 352 g/mol. The minimum absolute atomic E-state index is 0.0256. The van der Waals surface area contributed by atoms with Crippen LogP contribution in [-0.4, -0.2) is 26.6 Å². The molecule has 0 aliphatic carbocycles. The first-order chi connectivity index (χ1) is 12.6. The lowest BCUT2D eigenvalue weighted by molar-refractivity contribution is -0.113. The molecule has 0 fully saturated rings. The third kappa shape index (κ3) is 3.24. The SMILES string of the molecule is Nc1nc(N)nc(SCC(=O)Nc2ccc3oc4ccccc4c3c2)n1. The van der Waals surface area contributed by atoms with Gasteiger partial charge in [-0.2, -0.15) is 15.0 Å². The molecule has 9 heteroatoms. The Bertz CT molecular complexity index is 1110. The molecule has 26 heavy (non-hydrogen) atoms. The van der Waals surface area contributed by atoms with Gasteiger partial charge in [0.15, 0.2) is 5.16 Å². The van der Waals surface area contributed by atoms with Crippen LogP contribution in [0.3, 0.4) is 0 Å². The number of nitrogens with one attached hydrogen (secondary N) is 1. The van der Waals surface area contributed by atoms with Crippen LogP contribution in [0.1, 0.15) is 0 Å². The number of fused-ring (bicyclic) bond motifs is 3. The summed E-state index contributed by atoms with van der Waals surface area (Å²) in [4.78, 5) is 23.7. The maximum absolute atomic E-state index is 12.2. The number of rotatable bonds is 4. The van der Waals surface area contributed by atoms with Crippen molar-refractivity contribution in [2.75, 3.05) is 22.5 Å². The molecule has 0 atom stereocenters. The fraction of sp³-hybridized carbons (Fsp3) is 0.0588. The Morgan fingerprint density at radius 3 is 2.54 bits per heavy atom. The van der Waals surface area contributed by atoms with Crippen LogP contribution in [0, 0.1) is 0 Å². The highest BCUT2D eigenvalue weighted by Crippen LogP contribution is 2.30. The van der Waals surface area contributed by atoms with Crippen LogP contribution in [0.25, 0.3) is 21.9 Å². The van der Waals surface area contributed by atoms with Gasteiger partial charge in [0.1, 0.15) is 11.2 Å². The molecule has 130 valence electrons. The van der Waals surface area contributed by atoms with E-state index in [0.717, 1.165) is 33.7 Å². The number of anilines is 3. The minimum atomic E-state index is -0.195. The molecule has 2 heterocycles. The monoisotopic (exact) mass is 366 g/mol. The van der Waals surface area contributed by atoms with E-state index in [4.69, 9.17) is 15.9 Å². The molecule has 0 radical (unpaired) electrons. The Labute approximate surface area is 152 Å². The quantitative estimate of drug-likeness (QED) is 0.469. The smallest absolute Gasteiger partial charge is 0.234 e. The Morgan fingerprint density at radius 1 is 1.00 bits per heavy atom. The summed E-state index contributed by atoms with van der Waals surface area (Å²) in [6, 6.07) is 13.3. The first-order valence-electron chi connectivity index (χ1n) is 7.69. The molecule has 0 aliphatic heterocycles. The van der Waals surface area contributed by atoms with E-state index in [1.165, 1.54) is 0 Å². The summed E-state index contributed by atoms with van der Waals surface area (Å²) in [6.45, 7) is 0. The van der Waals surface area contributed by atoms with Crippen LogP contribution in [0.4, 0.5) is 17.6 Å². The van der Waals surface area contributed by atoms with E-state index in [1.807, 2.05) is 36.4 Å². The average Bonchev–Trinajstić information content (AvgIpc) is 2.97. The predicted octanol–water partition coefficient (Wildman–Crippen LogP) is 2.67. The van der Waals surface area contributed by atoms with Crippen molar-refractivity contribution in [3.05, 3.63) is 42.5 Å². The van der Waals surface area contributed by atoms with Crippen molar-refractivity contribution in [3.8, 4) is 0 Å². The Balaban J connectivity index is 1.49. The fourth-order valence-corrected chi connectivity index (χ4v) is 3.23. The van der Waals surface area contributed by atoms with Gasteiger partial charge < -0.3 is 21.2 Å². The molecule has 2 aromatic carbocycles. The second-order valence-corrected chi connectivity index (χ2v) is 6.42. The van der Waals surface area contributed by atoms with Gasteiger partial charge in [0.2, 0.25) is 17.8 Å². The number of hydrogen-bond donors (Lipinski definition) is 3. The van der Waals surface area contributed by atoms with E-state index < -0.39 is 0 Å². The van der Waals surface area contributed by atoms with Gasteiger partial charge in [-0.15, -0.1) is 0 Å². The van der Waals surface area contributed by atoms with Crippen molar-refractivity contribution in [3.63, 3.8) is 0 Å². The van der Waals surface area contributed by atoms with Crippen LogP contribution in [-0.2, 0) is 4.79 Å². The summed E-state index contributed by atoms with van der Waals surface area (Å²) in [5, 5.41) is 5.11. The second kappa shape index (κ2) is 6.52. The molecule has 0 saturated carbocycles. The number of hydrogen-bond acceptors (Lipinski definition) is 8. The van der Waals surface area contributed by atoms with Gasteiger partial charge in [0.05, 0.1) is 5.75 Å². The zero-order chi connectivity index (χ0) is 18.1. The number of para-hydroxylation sites is 1. The summed E-state index contributed by atoms with van der Waals surface area (Å²) < 4.78 is 5.78. The molecule has 4 rings (SSSR count). The largest absolute Gasteiger partial charge is 0.456 e. The van der Waals surface area contributed by atoms with Crippen molar-refractivity contribution in [1.82, 2.24) is 15.0 Å². The summed E-state index contributed by atoms with van der Waals surface area (Å²) in [7, 11) is 0. The highest BCUT2D eigenvalue weighted by Gasteiger charge is 2.10. The standard InChI is InChI=1S/C17H14N6O2S/c18-15-21-16(19)23-17(22-15)26-8-14(24)20-9-5-6-13-11(7-9)10-3-1-2-4-12(10)25-13/h1-7H,8H2,(H,20,24)(H4,18,19,21,22,23). The first-order valence-corrected chi connectivity index (χ1v) is 8.68. The van der Waals surface area contributed by atoms with Gasteiger partial charge in [-0.1, -0.05) is 30.0 Å². The number of furan rings is 1. The molecule has 1 amide bonds. The Kier molecular flexibility index (Phi) is 4.05. The summed E-state index contributed by atoms with van der Waals surface area (Å²) in [5.41, 5.74) is 13.3. The van der Waals surface area contributed by atoms with E-state index in [2.05, 4.69) is 20.3 Å². The number of nitrogens with zero attached hydrogens (tertiary/aromatic N) is 3. The predicted molar refractivity (Wildman–Crippen MR) is 102 cm³/mol. The summed E-state index contributed by atoms with van der Waals surface area (Å²) >= 11 is 1.13. The average molecular weight is 366 g/mol. The molecule has 0 aliphatic rings. The maximum Gasteiger partial charge on any atom is 0.234 e. The second-order valence-electron chi connectivity index (χ2n) is 5.48. The van der Waals surface area contributed by atoms with Gasteiger partial charge in [-0.25, -0.2) is 0 Å². The van der Waals surface area contributed by atoms with E-state index in [9.17, 15) is 4.79 Å². The van der Waals surface area contributed by atoms with E-state index in [1.54, 1.807) is 6.07 Å². The lowest BCUT2D eigenvalue weighted by atomic mass is 10.1. The highest BCUT2D eigenvalue weighted by molar-refractivity contribution is 7.99. The van der Waals surface area contributed by atoms with Crippen molar-refractivity contribution in [1.29, 1.82) is 0 Å². The summed E-state index contributed by atoms with van der Waals surface area (Å²) in [6.07, 6.45) is 0. The fourth-order valence-electron chi connectivity index (χ4n) is 2.58. The topological polar surface area (TPSA) is 133 Å². The zero-order valence-corrected chi connectivity index (χ0v) is 14.3. The third-order valence-electron chi connectivity index (χ3n) is 3.64. The van der Waals surface area contributed by atoms with Crippen molar-refractivity contribution < 1.29 is 9.21 Å². The van der Waals surface area contributed by atoms with Crippen LogP contribution in [0.15, 0.2) is 52.0 Å². The number of nitrogen functional groups attached to an aromatic ring is 2. The number of benzene rings is 2. The minimum Gasteiger partial charge on any atom is -0.456 e. The van der Waals surface area contributed by atoms with Gasteiger partial charge in [-0.05, 0) is 24.3 Å². The number of carbonyl (C=O) groups is 1. The number of amides is 1. The zero-order valence-electron chi connectivity index (χ0n) is 13.5. The van der Waals surface area contributed by atoms with Gasteiger partial charge in [0.25, 0.3) is 0 Å². The van der Waals surface area contributed by atoms with Crippen LogP contribution in [0.5, 0.6) is 0 Å². The van der Waals surface area contributed by atoms with Gasteiger partial charge in [0, 0.05) is 16.5 Å².